The average molecular weight is 442 g/mol. The second-order valence-corrected chi connectivity index (χ2v) is 8.05. The van der Waals surface area contributed by atoms with Gasteiger partial charge in [-0.2, -0.15) is 0 Å². The summed E-state index contributed by atoms with van der Waals surface area (Å²) in [6, 6.07) is 15.2. The summed E-state index contributed by atoms with van der Waals surface area (Å²) in [7, 11) is 1.74. The number of likely N-dealkylation sites (N-methyl/N-ethyl adjacent to an activating group) is 1. The largest absolute Gasteiger partial charge is 0.486 e. The van der Waals surface area contributed by atoms with E-state index in [1.54, 1.807) is 11.9 Å². The number of para-hydroxylation sites is 2. The summed E-state index contributed by atoms with van der Waals surface area (Å²) in [5, 5.41) is 8.27. The van der Waals surface area contributed by atoms with Crippen LogP contribution in [0.1, 0.15) is 11.5 Å². The van der Waals surface area contributed by atoms with E-state index < -0.39 is 0 Å². The number of carbonyl (C=O) groups is 1. The third-order valence-corrected chi connectivity index (χ3v) is 5.39. The van der Waals surface area contributed by atoms with Crippen LogP contribution in [0, 0.1) is 6.92 Å². The van der Waals surface area contributed by atoms with Crippen LogP contribution >= 0.6 is 11.8 Å². The van der Waals surface area contributed by atoms with Crippen molar-refractivity contribution in [3.05, 3.63) is 60.0 Å². The Balaban J connectivity index is 1.21. The lowest BCUT2D eigenvalue weighted by molar-refractivity contribution is -0.128. The number of carbonyl (C=O) groups excluding carboxylic acids is 1. The summed E-state index contributed by atoms with van der Waals surface area (Å²) >= 11 is 1.19. The Bertz CT molecular complexity index is 1040. The van der Waals surface area contributed by atoms with Crippen molar-refractivity contribution in [1.82, 2.24) is 15.1 Å². The molecule has 0 bridgehead atoms. The van der Waals surface area contributed by atoms with E-state index in [-0.39, 0.29) is 24.4 Å². The van der Waals surface area contributed by atoms with Crippen molar-refractivity contribution in [3.63, 3.8) is 0 Å². The van der Waals surface area contributed by atoms with Crippen LogP contribution in [0.5, 0.6) is 17.2 Å². The lowest BCUT2D eigenvalue weighted by Crippen LogP contribution is -2.42. The van der Waals surface area contributed by atoms with Crippen molar-refractivity contribution in [1.29, 1.82) is 0 Å². The molecule has 1 aromatic heterocycles. The van der Waals surface area contributed by atoms with E-state index in [9.17, 15) is 4.79 Å². The topological polar surface area (TPSA) is 86.9 Å². The minimum atomic E-state index is -0.220. The molecule has 3 aromatic rings. The van der Waals surface area contributed by atoms with E-state index in [2.05, 4.69) is 10.2 Å². The molecular formula is C22H23N3O5S. The highest BCUT2D eigenvalue weighted by atomic mass is 32.2. The first-order valence-corrected chi connectivity index (χ1v) is 10.8. The number of fused-ring (bicyclic) bond motifs is 1. The second kappa shape index (κ2) is 9.74. The van der Waals surface area contributed by atoms with Gasteiger partial charge in [-0.05, 0) is 36.8 Å². The van der Waals surface area contributed by atoms with Crippen LogP contribution in [0.2, 0.25) is 0 Å². The predicted octanol–water partition coefficient (Wildman–Crippen LogP) is 3.35. The van der Waals surface area contributed by atoms with Crippen molar-refractivity contribution in [3.8, 4) is 17.2 Å². The maximum Gasteiger partial charge on any atom is 0.277 e. The summed E-state index contributed by atoms with van der Waals surface area (Å²) in [4.78, 5) is 14.1. The molecule has 9 heteroatoms. The Kier molecular flexibility index (Phi) is 6.61. The summed E-state index contributed by atoms with van der Waals surface area (Å²) in [5.74, 6) is 2.63. The number of hydrogen-bond donors (Lipinski definition) is 0. The monoisotopic (exact) mass is 441 g/mol. The first-order valence-electron chi connectivity index (χ1n) is 9.84. The molecule has 0 fully saturated rings. The van der Waals surface area contributed by atoms with Crippen LogP contribution in [0.4, 0.5) is 0 Å². The van der Waals surface area contributed by atoms with Gasteiger partial charge in [0.15, 0.2) is 24.2 Å². The summed E-state index contributed by atoms with van der Waals surface area (Å²) < 4.78 is 22.8. The fourth-order valence-corrected chi connectivity index (χ4v) is 3.72. The van der Waals surface area contributed by atoms with Crippen LogP contribution in [0.25, 0.3) is 0 Å². The van der Waals surface area contributed by atoms with E-state index in [4.69, 9.17) is 18.6 Å². The Hall–Kier alpha value is -3.20. The highest BCUT2D eigenvalue weighted by Gasteiger charge is 2.24. The second-order valence-electron chi connectivity index (χ2n) is 7.13. The molecule has 162 valence electrons. The molecular weight excluding hydrogens is 418 g/mol. The van der Waals surface area contributed by atoms with Gasteiger partial charge in [-0.25, -0.2) is 0 Å². The van der Waals surface area contributed by atoms with Gasteiger partial charge in [0, 0.05) is 7.05 Å². The molecule has 0 saturated heterocycles. The maximum atomic E-state index is 12.5. The minimum Gasteiger partial charge on any atom is -0.486 e. The SMILES string of the molecule is Cc1cccc(OCc2nnc(SCC(=O)N(C)CC3COc4ccccc4O3)o2)c1. The van der Waals surface area contributed by atoms with E-state index in [0.717, 1.165) is 17.1 Å². The molecule has 2 heterocycles. The van der Waals surface area contributed by atoms with Gasteiger partial charge in [0.2, 0.25) is 5.91 Å². The molecule has 4 rings (SSSR count). The van der Waals surface area contributed by atoms with Gasteiger partial charge in [0.1, 0.15) is 12.4 Å². The smallest absolute Gasteiger partial charge is 0.277 e. The van der Waals surface area contributed by atoms with E-state index in [1.807, 2.05) is 55.5 Å². The number of rotatable bonds is 8. The number of aryl methyl sites for hydroxylation is 1. The molecule has 1 unspecified atom stereocenters. The molecule has 0 saturated carbocycles. The summed E-state index contributed by atoms with van der Waals surface area (Å²) in [6.45, 7) is 2.99. The molecule has 0 spiro atoms. The highest BCUT2D eigenvalue weighted by Crippen LogP contribution is 2.31. The predicted molar refractivity (Wildman–Crippen MR) is 115 cm³/mol. The van der Waals surface area contributed by atoms with Crippen LogP contribution in [-0.2, 0) is 11.4 Å². The van der Waals surface area contributed by atoms with Crippen molar-refractivity contribution in [2.75, 3.05) is 26.0 Å². The van der Waals surface area contributed by atoms with Gasteiger partial charge in [-0.15, -0.1) is 10.2 Å². The molecule has 1 atom stereocenters. The van der Waals surface area contributed by atoms with Gasteiger partial charge in [-0.3, -0.25) is 4.79 Å². The van der Waals surface area contributed by atoms with Gasteiger partial charge >= 0.3 is 0 Å². The summed E-state index contributed by atoms with van der Waals surface area (Å²) in [6.07, 6.45) is -0.220. The van der Waals surface area contributed by atoms with E-state index in [1.165, 1.54) is 11.8 Å². The number of hydrogen-bond acceptors (Lipinski definition) is 8. The molecule has 0 N–H and O–H groups in total. The molecule has 1 aliphatic rings. The zero-order chi connectivity index (χ0) is 21.6. The first kappa shape index (κ1) is 21.0. The fourth-order valence-electron chi connectivity index (χ4n) is 3.00. The highest BCUT2D eigenvalue weighted by molar-refractivity contribution is 7.99. The molecule has 0 aliphatic carbocycles. The summed E-state index contributed by atoms with van der Waals surface area (Å²) in [5.41, 5.74) is 1.11. The average Bonchev–Trinajstić information content (AvgIpc) is 3.24. The van der Waals surface area contributed by atoms with E-state index in [0.29, 0.717) is 30.0 Å². The molecule has 31 heavy (non-hydrogen) atoms. The van der Waals surface area contributed by atoms with Crippen LogP contribution < -0.4 is 14.2 Å². The number of aromatic nitrogens is 2. The van der Waals surface area contributed by atoms with E-state index >= 15 is 0 Å². The normalized spacial score (nSPS) is 14.8. The zero-order valence-corrected chi connectivity index (χ0v) is 18.1. The van der Waals surface area contributed by atoms with Gasteiger partial charge in [0.05, 0.1) is 12.3 Å². The Labute approximate surface area is 184 Å². The number of amides is 1. The number of benzene rings is 2. The third-order valence-electron chi connectivity index (χ3n) is 4.59. The van der Waals surface area contributed by atoms with Gasteiger partial charge < -0.3 is 23.5 Å². The van der Waals surface area contributed by atoms with Crippen molar-refractivity contribution >= 4 is 17.7 Å². The van der Waals surface area contributed by atoms with Crippen LogP contribution in [0.3, 0.4) is 0 Å². The quantitative estimate of drug-likeness (QED) is 0.492. The maximum absolute atomic E-state index is 12.5. The van der Waals surface area contributed by atoms with Crippen molar-refractivity contribution < 1.29 is 23.4 Å². The Morgan fingerprint density at radius 3 is 2.87 bits per heavy atom. The first-order chi connectivity index (χ1) is 15.1. The molecule has 8 nitrogen and oxygen atoms in total. The standard InChI is InChI=1S/C22H23N3O5S/c1-15-6-5-7-16(10-15)27-13-20-23-24-22(30-20)31-14-21(26)25(2)11-17-12-28-18-8-3-4-9-19(18)29-17/h3-10,17H,11-14H2,1-2H3. The van der Waals surface area contributed by atoms with Crippen molar-refractivity contribution in [2.45, 2.75) is 24.9 Å². The number of ether oxygens (including phenoxy) is 3. The number of thioether (sulfide) groups is 1. The zero-order valence-electron chi connectivity index (χ0n) is 17.3. The molecule has 1 amide bonds. The lowest BCUT2D eigenvalue weighted by Gasteiger charge is -2.29. The minimum absolute atomic E-state index is 0.0665. The third kappa shape index (κ3) is 5.69. The van der Waals surface area contributed by atoms with Crippen LogP contribution in [0.15, 0.2) is 58.2 Å². The lowest BCUT2D eigenvalue weighted by atomic mass is 10.2. The molecule has 0 radical (unpaired) electrons. The Morgan fingerprint density at radius 2 is 2.03 bits per heavy atom. The molecule has 1 aliphatic heterocycles. The van der Waals surface area contributed by atoms with Crippen molar-refractivity contribution in [2.24, 2.45) is 0 Å². The van der Waals surface area contributed by atoms with Gasteiger partial charge in [-0.1, -0.05) is 36.0 Å². The van der Waals surface area contributed by atoms with Crippen LogP contribution in [-0.4, -0.2) is 53.1 Å². The van der Waals surface area contributed by atoms with Gasteiger partial charge in [0.25, 0.3) is 11.1 Å². The number of nitrogens with zero attached hydrogens (tertiary/aromatic N) is 3. The fraction of sp³-hybridized carbons (Fsp3) is 0.318. The Morgan fingerprint density at radius 1 is 1.19 bits per heavy atom. The molecule has 2 aromatic carbocycles.